The highest BCUT2D eigenvalue weighted by Gasteiger charge is 2.38. The van der Waals surface area contributed by atoms with Crippen LogP contribution in [0.2, 0.25) is 0 Å². The summed E-state index contributed by atoms with van der Waals surface area (Å²) in [6, 6.07) is 12.9. The summed E-state index contributed by atoms with van der Waals surface area (Å²) < 4.78 is 0.755. The highest BCUT2D eigenvalue weighted by Crippen LogP contribution is 2.30. The number of hydrogen-bond acceptors (Lipinski definition) is 5. The van der Waals surface area contributed by atoms with Gasteiger partial charge in [0.25, 0.3) is 5.91 Å². The Balaban J connectivity index is 1.62. The van der Waals surface area contributed by atoms with Crippen LogP contribution in [0.4, 0.5) is 0 Å². The Hall–Kier alpha value is -2.99. The number of carbonyl (C=O) groups is 2. The molecule has 1 aromatic carbocycles. The minimum absolute atomic E-state index is 0.198. The molecule has 0 bridgehead atoms. The van der Waals surface area contributed by atoms with E-state index in [1.807, 2.05) is 47.8 Å². The van der Waals surface area contributed by atoms with Crippen LogP contribution in [0.3, 0.4) is 0 Å². The van der Waals surface area contributed by atoms with Gasteiger partial charge in [0.15, 0.2) is 11.5 Å². The van der Waals surface area contributed by atoms with E-state index in [1.165, 1.54) is 11.3 Å². The molecular formula is C20H16N2O3S. The third-order valence-electron chi connectivity index (χ3n) is 4.49. The Labute approximate surface area is 154 Å². The Morgan fingerprint density at radius 2 is 1.96 bits per heavy atom. The molecule has 0 aliphatic carbocycles. The van der Waals surface area contributed by atoms with Gasteiger partial charge in [-0.3, -0.25) is 14.6 Å². The summed E-state index contributed by atoms with van der Waals surface area (Å²) in [5, 5.41) is 16.1. The first-order chi connectivity index (χ1) is 12.6. The number of aromatic nitrogens is 1. The summed E-state index contributed by atoms with van der Waals surface area (Å²) in [7, 11) is 0. The van der Waals surface area contributed by atoms with Gasteiger partial charge in [0, 0.05) is 6.20 Å². The van der Waals surface area contributed by atoms with Crippen molar-refractivity contribution in [2.24, 2.45) is 0 Å². The number of ketones is 1. The fourth-order valence-electron chi connectivity index (χ4n) is 3.15. The molecule has 1 amide bonds. The van der Waals surface area contributed by atoms with Gasteiger partial charge in [-0.05, 0) is 41.3 Å². The number of hydrogen-bond donors (Lipinski definition) is 2. The van der Waals surface area contributed by atoms with E-state index in [0.29, 0.717) is 12.8 Å². The van der Waals surface area contributed by atoms with Gasteiger partial charge in [-0.1, -0.05) is 30.3 Å². The highest BCUT2D eigenvalue weighted by atomic mass is 32.1. The van der Waals surface area contributed by atoms with Gasteiger partial charge in [0.2, 0.25) is 0 Å². The molecule has 1 aliphatic heterocycles. The number of thiophene rings is 1. The van der Waals surface area contributed by atoms with Gasteiger partial charge in [-0.25, -0.2) is 0 Å². The Kier molecular flexibility index (Phi) is 4.26. The minimum Gasteiger partial charge on any atom is -0.505 e. The molecule has 0 radical (unpaired) electrons. The topological polar surface area (TPSA) is 79.3 Å². The lowest BCUT2D eigenvalue weighted by atomic mass is 10.0. The summed E-state index contributed by atoms with van der Waals surface area (Å²) >= 11 is 1.41. The summed E-state index contributed by atoms with van der Waals surface area (Å²) in [6.07, 6.45) is 2.72. The molecule has 0 spiro atoms. The van der Waals surface area contributed by atoms with E-state index in [4.69, 9.17) is 0 Å². The third-order valence-corrected chi connectivity index (χ3v) is 5.43. The van der Waals surface area contributed by atoms with Crippen LogP contribution in [0.15, 0.2) is 59.6 Å². The molecule has 130 valence electrons. The molecule has 1 atom stereocenters. The minimum atomic E-state index is -0.623. The number of amides is 1. The normalized spacial score (nSPS) is 19.0. The van der Waals surface area contributed by atoms with Gasteiger partial charge < -0.3 is 10.4 Å². The monoisotopic (exact) mass is 364 g/mol. The maximum atomic E-state index is 12.7. The van der Waals surface area contributed by atoms with Crippen LogP contribution < -0.4 is 5.32 Å². The maximum Gasteiger partial charge on any atom is 0.259 e. The second kappa shape index (κ2) is 6.72. The van der Waals surface area contributed by atoms with Gasteiger partial charge >= 0.3 is 0 Å². The molecular weight excluding hydrogens is 348 g/mol. The lowest BCUT2D eigenvalue weighted by Crippen LogP contribution is -2.29. The number of nitrogens with zero attached hydrogens (tertiary/aromatic N) is 1. The molecule has 3 heterocycles. The van der Waals surface area contributed by atoms with E-state index >= 15 is 0 Å². The van der Waals surface area contributed by atoms with Crippen LogP contribution in [-0.2, 0) is 16.0 Å². The lowest BCUT2D eigenvalue weighted by molar-refractivity contribution is -0.117. The number of benzene rings is 1. The number of Topliss-reactive ketones (excluding diaryl/α,β-unsaturated/α-hetero) is 1. The molecule has 1 unspecified atom stereocenters. The summed E-state index contributed by atoms with van der Waals surface area (Å²) in [4.78, 5) is 29.2. The number of rotatable bonds is 4. The molecule has 0 saturated carbocycles. The number of aliphatic hydroxyl groups is 1. The second-order valence-corrected chi connectivity index (χ2v) is 7.05. The number of aryl methyl sites for hydroxylation is 1. The average Bonchev–Trinajstić information content (AvgIpc) is 3.24. The van der Waals surface area contributed by atoms with Gasteiger partial charge in [0.1, 0.15) is 11.3 Å². The zero-order valence-corrected chi connectivity index (χ0v) is 14.6. The van der Waals surface area contributed by atoms with Gasteiger partial charge in [-0.15, -0.1) is 11.3 Å². The number of pyridine rings is 1. The summed E-state index contributed by atoms with van der Waals surface area (Å²) in [6.45, 7) is 0. The van der Waals surface area contributed by atoms with Crippen molar-refractivity contribution in [3.63, 3.8) is 0 Å². The van der Waals surface area contributed by atoms with Crippen molar-refractivity contribution in [2.45, 2.75) is 18.9 Å². The Morgan fingerprint density at radius 1 is 1.15 bits per heavy atom. The van der Waals surface area contributed by atoms with Crippen molar-refractivity contribution in [3.8, 4) is 0 Å². The predicted octanol–water partition coefficient (Wildman–Crippen LogP) is 3.27. The second-order valence-electron chi connectivity index (χ2n) is 6.14. The summed E-state index contributed by atoms with van der Waals surface area (Å²) in [5.41, 5.74) is 1.18. The van der Waals surface area contributed by atoms with Crippen molar-refractivity contribution in [2.75, 3.05) is 0 Å². The van der Waals surface area contributed by atoms with E-state index in [1.54, 1.807) is 6.20 Å². The van der Waals surface area contributed by atoms with Gasteiger partial charge in [-0.2, -0.15) is 0 Å². The highest BCUT2D eigenvalue weighted by molar-refractivity contribution is 7.17. The van der Waals surface area contributed by atoms with Crippen molar-refractivity contribution < 1.29 is 14.7 Å². The Morgan fingerprint density at radius 3 is 2.77 bits per heavy atom. The molecule has 1 saturated heterocycles. The quantitative estimate of drug-likeness (QED) is 0.423. The third kappa shape index (κ3) is 2.88. The molecule has 3 aromatic rings. The van der Waals surface area contributed by atoms with Crippen molar-refractivity contribution >= 4 is 38.9 Å². The number of fused-ring (bicyclic) bond motifs is 1. The standard InChI is InChI=1S/C20H16N2O3S/c23-17-14(7-6-12-4-2-1-3-5-12)22-20(25)15(17)18(24)16-19-13(8-10-21-16)9-11-26-19/h1-5,8-11,14,24H,6-7H2,(H,22,25)/b18-15-. The van der Waals surface area contributed by atoms with Crippen LogP contribution in [0, 0.1) is 0 Å². The smallest absolute Gasteiger partial charge is 0.259 e. The molecule has 6 heteroatoms. The van der Waals surface area contributed by atoms with Crippen LogP contribution in [0.1, 0.15) is 17.7 Å². The van der Waals surface area contributed by atoms with E-state index < -0.39 is 11.9 Å². The van der Waals surface area contributed by atoms with E-state index in [2.05, 4.69) is 10.3 Å². The molecule has 2 aromatic heterocycles. The van der Waals surface area contributed by atoms with Crippen molar-refractivity contribution in [1.29, 1.82) is 0 Å². The number of carbonyl (C=O) groups excluding carboxylic acids is 2. The molecule has 5 nitrogen and oxygen atoms in total. The first-order valence-corrected chi connectivity index (χ1v) is 9.18. The Bertz CT molecular complexity index is 1020. The van der Waals surface area contributed by atoms with Crippen LogP contribution in [-0.4, -0.2) is 27.8 Å². The number of nitrogens with one attached hydrogen (secondary N) is 1. The maximum absolute atomic E-state index is 12.7. The fourth-order valence-corrected chi connectivity index (χ4v) is 4.03. The molecule has 1 aliphatic rings. The molecule has 2 N–H and O–H groups in total. The largest absolute Gasteiger partial charge is 0.505 e. The summed E-state index contributed by atoms with van der Waals surface area (Å²) in [5.74, 6) is -1.26. The van der Waals surface area contributed by atoms with E-state index in [-0.39, 0.29) is 22.8 Å². The van der Waals surface area contributed by atoms with Crippen molar-refractivity contribution in [1.82, 2.24) is 10.3 Å². The SMILES string of the molecule is O=C1NC(CCc2ccccc2)C(=O)/C1=C(/O)c1nccc2ccsc12. The van der Waals surface area contributed by atoms with Gasteiger partial charge in [0.05, 0.1) is 10.7 Å². The fraction of sp³-hybridized carbons (Fsp3) is 0.150. The first-order valence-electron chi connectivity index (χ1n) is 8.30. The van der Waals surface area contributed by atoms with E-state index in [9.17, 15) is 14.7 Å². The molecule has 4 rings (SSSR count). The van der Waals surface area contributed by atoms with Crippen LogP contribution >= 0.6 is 11.3 Å². The van der Waals surface area contributed by atoms with E-state index in [0.717, 1.165) is 15.6 Å². The molecule has 1 fully saturated rings. The molecule has 26 heavy (non-hydrogen) atoms. The zero-order valence-electron chi connectivity index (χ0n) is 13.8. The van der Waals surface area contributed by atoms with Crippen molar-refractivity contribution in [3.05, 3.63) is 70.9 Å². The van der Waals surface area contributed by atoms with Crippen LogP contribution in [0.25, 0.3) is 15.8 Å². The number of aliphatic hydroxyl groups excluding tert-OH is 1. The first kappa shape index (κ1) is 16.5. The average molecular weight is 364 g/mol. The lowest BCUT2D eigenvalue weighted by Gasteiger charge is -2.07. The zero-order chi connectivity index (χ0) is 18.1. The predicted molar refractivity (Wildman–Crippen MR) is 101 cm³/mol. The van der Waals surface area contributed by atoms with Crippen LogP contribution in [0.5, 0.6) is 0 Å².